The van der Waals surface area contributed by atoms with Gasteiger partial charge in [-0.2, -0.15) is 0 Å². The number of rotatable bonds is 4. The first-order chi connectivity index (χ1) is 7.00. The summed E-state index contributed by atoms with van der Waals surface area (Å²) in [6.45, 7) is 0. The first-order valence-corrected chi connectivity index (χ1v) is 15.1. The Bertz CT molecular complexity index is 255. The van der Waals surface area contributed by atoms with E-state index in [1.165, 1.54) is 0 Å². The lowest BCUT2D eigenvalue weighted by Crippen LogP contribution is -2.58. The van der Waals surface area contributed by atoms with Gasteiger partial charge in [-0.25, -0.2) is 5.11 Å². The van der Waals surface area contributed by atoms with Gasteiger partial charge in [-0.15, -0.1) is 0 Å². The summed E-state index contributed by atoms with van der Waals surface area (Å²) < 4.78 is -1.75. The molecule has 0 saturated carbocycles. The molecule has 0 amide bonds. The van der Waals surface area contributed by atoms with E-state index in [0.29, 0.717) is 0 Å². The molecule has 0 saturated heterocycles. The maximum atomic E-state index is 12.5. The Morgan fingerprint density at radius 1 is 0.471 bits per heavy atom. The van der Waals surface area contributed by atoms with Crippen LogP contribution in [0.2, 0.25) is 0 Å². The van der Waals surface area contributed by atoms with Crippen molar-refractivity contribution in [3.05, 3.63) is 0 Å². The van der Waals surface area contributed by atoms with Crippen molar-refractivity contribution in [2.24, 2.45) is 0 Å². The van der Waals surface area contributed by atoms with Crippen molar-refractivity contribution < 1.29 is 5.11 Å². The van der Waals surface area contributed by atoms with E-state index >= 15 is 0 Å². The highest BCUT2D eigenvalue weighted by Crippen LogP contribution is 2.73. The molecule has 103 valence electrons. The Morgan fingerprint density at radius 3 is 0.941 bits per heavy atom. The zero-order valence-corrected chi connectivity index (χ0v) is 30.8. The summed E-state index contributed by atoms with van der Waals surface area (Å²) in [6, 6.07) is 0. The lowest BCUT2D eigenvalue weighted by Gasteiger charge is -2.49. The Morgan fingerprint density at radius 2 is 0.765 bits per heavy atom. The van der Waals surface area contributed by atoms with E-state index in [1.54, 1.807) is 0 Å². The topological polar surface area (TPSA) is 19.9 Å². The molecular weight excluding hydrogens is 1470 g/mol. The molecule has 0 unspecified atom stereocenters. The van der Waals surface area contributed by atoms with Crippen LogP contribution in [0.3, 0.4) is 0 Å². The van der Waals surface area contributed by atoms with Gasteiger partial charge >= 0.3 is 0 Å². The summed E-state index contributed by atoms with van der Waals surface area (Å²) in [5, 5.41) is 12.5. The fourth-order valence-corrected chi connectivity index (χ4v) is 13.0. The van der Waals surface area contributed by atoms with Crippen molar-refractivity contribution in [2.75, 3.05) is 0 Å². The molecule has 0 bridgehead atoms. The monoisotopic (exact) mass is 1470 g/mol. The first-order valence-electron chi connectivity index (χ1n) is 3.28. The van der Waals surface area contributed by atoms with E-state index in [-0.39, 0.29) is 2.29 Å². The standard InChI is InChI=1S/C5I11O/c6-1(7,2(8,9)4(12,13)14)3(10,11)5(15,16)17. The van der Waals surface area contributed by atoms with Gasteiger partial charge in [0.15, 0.2) is 0 Å². The van der Waals surface area contributed by atoms with E-state index in [4.69, 9.17) is 0 Å². The molecule has 0 heterocycles. The molecule has 0 aliphatic rings. The smallest absolute Gasteiger partial charge is 0.204 e. The molecule has 0 N–H and O–H groups in total. The molecule has 17 heavy (non-hydrogen) atoms. The molecular formula is C5I11O. The Hall–Kier alpha value is 7.99. The van der Waals surface area contributed by atoms with Crippen molar-refractivity contribution in [3.8, 4) is 0 Å². The van der Waals surface area contributed by atoms with Gasteiger partial charge in [0.25, 0.3) is 0 Å². The second kappa shape index (κ2) is 8.79. The van der Waals surface area contributed by atoms with E-state index in [1.807, 2.05) is 45.2 Å². The minimum absolute atomic E-state index is 0.0178. The highest BCUT2D eigenvalue weighted by Gasteiger charge is 2.69. The third kappa shape index (κ3) is 5.99. The first kappa shape index (κ1) is 25.0. The average Bonchev–Trinajstić information content (AvgIpc) is 1.98. The number of alkyl halides is 11. The predicted molar refractivity (Wildman–Crippen MR) is 169 cm³/mol. The highest BCUT2D eigenvalue weighted by atomic mass is 127. The summed E-state index contributed by atoms with van der Waals surface area (Å²) in [7, 11) is 0. The maximum absolute atomic E-state index is 12.5. The molecule has 1 radical (unpaired) electrons. The van der Waals surface area contributed by atoms with Crippen molar-refractivity contribution in [1.29, 1.82) is 0 Å². The van der Waals surface area contributed by atoms with Crippen LogP contribution in [0.4, 0.5) is 0 Å². The van der Waals surface area contributed by atoms with Crippen LogP contribution in [0, 0.1) is 0 Å². The van der Waals surface area contributed by atoms with Crippen LogP contribution in [0.5, 0.6) is 0 Å². The summed E-state index contributed by atoms with van der Waals surface area (Å²) in [4.78, 5) is 0. The van der Waals surface area contributed by atoms with Crippen LogP contribution in [0.1, 0.15) is 0 Å². The minimum Gasteiger partial charge on any atom is -0.204 e. The van der Waals surface area contributed by atoms with Gasteiger partial charge in [0, 0.05) is 0 Å². The number of halogens is 11. The number of hydrogen-bond donors (Lipinski definition) is 0. The van der Waals surface area contributed by atoms with Crippen molar-refractivity contribution in [3.63, 3.8) is 0 Å². The lowest BCUT2D eigenvalue weighted by molar-refractivity contribution is 0.161. The molecule has 0 rings (SSSR count). The molecule has 0 aromatic carbocycles. The largest absolute Gasteiger partial charge is 0.229 e. The Kier molecular flexibility index (Phi) is 12.9. The highest BCUT2D eigenvalue weighted by molar-refractivity contribution is 14.3. The molecule has 0 atom stereocenters. The second-order valence-corrected chi connectivity index (χ2v) is 34.8. The van der Waals surface area contributed by atoms with E-state index in [2.05, 4.69) is 203 Å². The summed E-state index contributed by atoms with van der Waals surface area (Å²) in [5.74, 6) is 0. The van der Waals surface area contributed by atoms with Gasteiger partial charge in [0.2, 0.25) is 1.61 Å². The van der Waals surface area contributed by atoms with Gasteiger partial charge in [-0.3, -0.25) is 0 Å². The van der Waals surface area contributed by atoms with Crippen LogP contribution in [-0.2, 0) is 5.11 Å². The van der Waals surface area contributed by atoms with Crippen molar-refractivity contribution >= 4 is 248 Å². The second-order valence-electron chi connectivity index (χ2n) is 2.74. The van der Waals surface area contributed by atoms with E-state index in [9.17, 15) is 5.11 Å². The fraction of sp³-hybridized carbons (Fsp3) is 1.00. The quantitative estimate of drug-likeness (QED) is 0.199. The minimum atomic E-state index is -1.07. The molecule has 12 heteroatoms. The normalized spacial score (nSPS) is 16.2. The average molecular weight is 1470 g/mol. The third-order valence-electron chi connectivity index (χ3n) is 1.51. The lowest BCUT2D eigenvalue weighted by atomic mass is 10.2. The predicted octanol–water partition coefficient (Wildman–Crippen LogP) is 8.60. The van der Waals surface area contributed by atoms with Gasteiger partial charge in [0.05, 0.1) is 0 Å². The van der Waals surface area contributed by atoms with Gasteiger partial charge in [-0.05, 0) is 45.2 Å². The third-order valence-corrected chi connectivity index (χ3v) is 33.7. The van der Waals surface area contributed by atoms with E-state index < -0.39 is 3.04 Å². The molecule has 0 fully saturated rings. The zero-order chi connectivity index (χ0) is 14.5. The molecule has 0 aromatic rings. The molecule has 0 aliphatic carbocycles. The fourth-order valence-electron chi connectivity index (χ4n) is 0.558. The molecule has 0 aromatic heterocycles. The SMILES string of the molecule is [O]C(I)(I)C(I)(I)C(I)(I)C(I)(I)C(I)(I)I. The zero-order valence-electron chi connectivity index (χ0n) is 7.07. The van der Waals surface area contributed by atoms with Crippen LogP contribution in [-0.4, -0.2) is 5.34 Å². The maximum Gasteiger partial charge on any atom is 0.229 e. The molecule has 0 spiro atoms. The van der Waals surface area contributed by atoms with Gasteiger partial charge in [0.1, 0.15) is 3.72 Å². The van der Waals surface area contributed by atoms with Crippen molar-refractivity contribution in [1.82, 2.24) is 0 Å². The molecule has 1 nitrogen and oxygen atoms in total. The van der Waals surface area contributed by atoms with Gasteiger partial charge < -0.3 is 0 Å². The van der Waals surface area contributed by atoms with Crippen LogP contribution in [0.25, 0.3) is 0 Å². The van der Waals surface area contributed by atoms with Crippen LogP contribution < -0.4 is 0 Å². The Labute approximate surface area is 251 Å². The summed E-state index contributed by atoms with van der Waals surface area (Å²) in [5.41, 5.74) is 0. The van der Waals surface area contributed by atoms with E-state index in [0.717, 1.165) is 0 Å². The molecule has 0 aliphatic heterocycles. The Balaban J connectivity index is 5.73. The van der Waals surface area contributed by atoms with Crippen LogP contribution in [0.15, 0.2) is 0 Å². The number of hydrogen-bond acceptors (Lipinski definition) is 0. The summed E-state index contributed by atoms with van der Waals surface area (Å²) >= 11 is 25.8. The van der Waals surface area contributed by atoms with Gasteiger partial charge in [-0.1, -0.05) is 203 Å². The van der Waals surface area contributed by atoms with Crippen LogP contribution >= 0.6 is 248 Å². The van der Waals surface area contributed by atoms with Crippen molar-refractivity contribution in [2.45, 2.75) is 5.34 Å². The summed E-state index contributed by atoms with van der Waals surface area (Å²) in [6.07, 6.45) is 0.